The van der Waals surface area contributed by atoms with Gasteiger partial charge in [-0.15, -0.1) is 11.3 Å². The number of unbranched alkanes of at least 4 members (excludes halogenated alkanes) is 1. The van der Waals surface area contributed by atoms with E-state index < -0.39 is 102 Å². The summed E-state index contributed by atoms with van der Waals surface area (Å²) < 4.78 is 0. The van der Waals surface area contributed by atoms with Gasteiger partial charge in [0.25, 0.3) is 0 Å². The molecule has 8 amide bonds. The molecule has 0 spiro atoms. The van der Waals surface area contributed by atoms with Crippen molar-refractivity contribution < 1.29 is 38.4 Å². The lowest BCUT2D eigenvalue weighted by Gasteiger charge is -2.29. The maximum Gasteiger partial charge on any atom is 0.243 e. The van der Waals surface area contributed by atoms with E-state index in [9.17, 15) is 38.4 Å². The first-order chi connectivity index (χ1) is 35.1. The van der Waals surface area contributed by atoms with Crippen molar-refractivity contribution in [2.45, 2.75) is 154 Å². The van der Waals surface area contributed by atoms with Crippen LogP contribution in [0.5, 0.6) is 0 Å². The summed E-state index contributed by atoms with van der Waals surface area (Å²) in [5.41, 5.74) is 40.5. The molecule has 1 aromatic carbocycles. The van der Waals surface area contributed by atoms with Crippen molar-refractivity contribution in [1.29, 1.82) is 0 Å². The van der Waals surface area contributed by atoms with Gasteiger partial charge >= 0.3 is 0 Å². The molecular weight excluding hydrogens is 973 g/mol. The van der Waals surface area contributed by atoms with Gasteiger partial charge in [-0.3, -0.25) is 48.3 Å². The minimum Gasteiger partial charge on any atom is -0.370 e. The second-order valence-electron chi connectivity index (χ2n) is 18.7. The number of hydrogen-bond donors (Lipinski definition) is 14. The average Bonchev–Trinajstić information content (AvgIpc) is 3.86. The minimum absolute atomic E-state index is 0.0336. The van der Waals surface area contributed by atoms with Gasteiger partial charge in [0.1, 0.15) is 42.3 Å². The molecule has 2 aromatic rings. The smallest absolute Gasteiger partial charge is 0.243 e. The highest BCUT2D eigenvalue weighted by Crippen LogP contribution is 2.15. The van der Waals surface area contributed by atoms with Gasteiger partial charge in [0.15, 0.2) is 11.9 Å². The highest BCUT2D eigenvalue weighted by molar-refractivity contribution is 7.09. The molecule has 1 heterocycles. The molecule has 0 saturated carbocycles. The van der Waals surface area contributed by atoms with Crippen LogP contribution in [0.3, 0.4) is 0 Å². The van der Waals surface area contributed by atoms with Gasteiger partial charge in [-0.05, 0) is 93.7 Å². The Bertz CT molecular complexity index is 2150. The van der Waals surface area contributed by atoms with Gasteiger partial charge in [-0.1, -0.05) is 70.5 Å². The summed E-state index contributed by atoms with van der Waals surface area (Å²) in [5.74, 6) is -6.64. The fraction of sp³-hybridized carbons (Fsp3) is 0.592. The number of carbonyl (C=O) groups excluding carboxylic acids is 8. The highest BCUT2D eigenvalue weighted by atomic mass is 32.1. The van der Waals surface area contributed by atoms with Crippen LogP contribution in [-0.4, -0.2) is 127 Å². The lowest BCUT2D eigenvalue weighted by atomic mass is 9.95. The van der Waals surface area contributed by atoms with Crippen LogP contribution in [0.1, 0.15) is 103 Å². The first-order valence-corrected chi connectivity index (χ1v) is 26.0. The van der Waals surface area contributed by atoms with Gasteiger partial charge in [0.2, 0.25) is 47.3 Å². The molecule has 412 valence electrons. The molecule has 21 N–H and O–H groups in total. The Morgan fingerprint density at radius 2 is 1.05 bits per heavy atom. The molecule has 25 heteroatoms. The third-order valence-corrected chi connectivity index (χ3v) is 12.8. The summed E-state index contributed by atoms with van der Waals surface area (Å²) >= 11 is 1.44. The average molecular weight is 1060 g/mol. The number of rotatable bonds is 35. The molecule has 0 aliphatic heterocycles. The topological polar surface area (TPSA) is 428 Å². The first-order valence-electron chi connectivity index (χ1n) is 25.1. The highest BCUT2D eigenvalue weighted by Gasteiger charge is 2.35. The summed E-state index contributed by atoms with van der Waals surface area (Å²) in [5, 5.41) is 20.8. The second-order valence-corrected chi connectivity index (χ2v) is 19.7. The molecule has 9 atom stereocenters. The third kappa shape index (κ3) is 24.2. The van der Waals surface area contributed by atoms with Crippen LogP contribution in [0, 0.1) is 11.8 Å². The maximum absolute atomic E-state index is 14.4. The van der Waals surface area contributed by atoms with Crippen LogP contribution in [0.15, 0.2) is 57.8 Å². The SMILES string of the molecule is CC[C@H](C)[C@H](NC(=O)[C@H](CC(C)C)NC(=O)[C@H](CCCN=C(N)N)NC(=O)[C@H](CCCN=C(N)N)NC(=O)[C@H](CCCCN)NC(=O)[C@H](C)NC(=O)[C@@H](N)Cc1cccs1)C(=O)N[C@@H](Cc1ccccc1)C(N)=O. The summed E-state index contributed by atoms with van der Waals surface area (Å²) in [4.78, 5) is 119. The molecule has 24 nitrogen and oxygen atoms in total. The molecule has 0 bridgehead atoms. The first kappa shape index (κ1) is 63.3. The number of nitrogens with zero attached hydrogens (tertiary/aromatic N) is 2. The van der Waals surface area contributed by atoms with E-state index in [2.05, 4.69) is 47.2 Å². The van der Waals surface area contributed by atoms with Crippen molar-refractivity contribution in [2.75, 3.05) is 19.6 Å². The molecule has 0 saturated heterocycles. The van der Waals surface area contributed by atoms with E-state index in [1.807, 2.05) is 44.4 Å². The minimum atomic E-state index is -1.32. The molecular formula is C49H82N16O8S. The van der Waals surface area contributed by atoms with E-state index in [-0.39, 0.29) is 82.3 Å². The largest absolute Gasteiger partial charge is 0.370 e. The fourth-order valence-electron chi connectivity index (χ4n) is 7.54. The Kier molecular flexibility index (Phi) is 28.9. The lowest BCUT2D eigenvalue weighted by Crippen LogP contribution is -2.61. The van der Waals surface area contributed by atoms with Crippen molar-refractivity contribution in [3.63, 3.8) is 0 Å². The van der Waals surface area contributed by atoms with E-state index in [0.29, 0.717) is 25.8 Å². The van der Waals surface area contributed by atoms with Crippen LogP contribution in [0.4, 0.5) is 0 Å². The number of benzene rings is 1. The van der Waals surface area contributed by atoms with E-state index in [1.54, 1.807) is 31.2 Å². The van der Waals surface area contributed by atoms with Crippen LogP contribution < -0.4 is 77.4 Å². The molecule has 1 aromatic heterocycles. The van der Waals surface area contributed by atoms with Crippen molar-refractivity contribution in [3.8, 4) is 0 Å². The van der Waals surface area contributed by atoms with Crippen molar-refractivity contribution >= 4 is 70.5 Å². The molecule has 2 rings (SSSR count). The molecule has 0 aliphatic carbocycles. The normalized spacial score (nSPS) is 14.7. The van der Waals surface area contributed by atoms with Gasteiger partial charge in [-0.25, -0.2) is 0 Å². The Labute approximate surface area is 438 Å². The Balaban J connectivity index is 2.42. The number of nitrogens with one attached hydrogen (secondary N) is 7. The van der Waals surface area contributed by atoms with Gasteiger partial charge in [-0.2, -0.15) is 0 Å². The summed E-state index contributed by atoms with van der Waals surface area (Å²) in [6.07, 6.45) is 2.28. The number of thiophene rings is 1. The van der Waals surface area contributed by atoms with Crippen LogP contribution in [0.25, 0.3) is 0 Å². The van der Waals surface area contributed by atoms with Gasteiger partial charge in [0, 0.05) is 30.8 Å². The monoisotopic (exact) mass is 1050 g/mol. The maximum atomic E-state index is 14.4. The van der Waals surface area contributed by atoms with E-state index >= 15 is 0 Å². The number of guanidine groups is 2. The quantitative estimate of drug-likeness (QED) is 0.0204. The predicted octanol–water partition coefficient (Wildman–Crippen LogP) is -1.91. The van der Waals surface area contributed by atoms with Crippen molar-refractivity contribution in [3.05, 3.63) is 58.3 Å². The van der Waals surface area contributed by atoms with Crippen molar-refractivity contribution in [1.82, 2.24) is 37.2 Å². The zero-order valence-electron chi connectivity index (χ0n) is 43.4. The van der Waals surface area contributed by atoms with E-state index in [1.165, 1.54) is 18.3 Å². The zero-order chi connectivity index (χ0) is 55.3. The lowest BCUT2D eigenvalue weighted by molar-refractivity contribution is -0.136. The van der Waals surface area contributed by atoms with E-state index in [4.69, 9.17) is 40.1 Å². The van der Waals surface area contributed by atoms with Gasteiger partial charge in [0.05, 0.1) is 6.04 Å². The number of primary amides is 1. The Hall–Kier alpha value is -6.86. The third-order valence-electron chi connectivity index (χ3n) is 11.9. The Morgan fingerprint density at radius 3 is 1.53 bits per heavy atom. The van der Waals surface area contributed by atoms with Crippen LogP contribution in [0.2, 0.25) is 0 Å². The molecule has 0 aliphatic rings. The number of hydrogen-bond acceptors (Lipinski definition) is 13. The van der Waals surface area contributed by atoms with Gasteiger partial charge < -0.3 is 77.4 Å². The summed E-state index contributed by atoms with van der Waals surface area (Å²) in [6, 6.07) is 3.35. The Morgan fingerprint density at radius 1 is 0.554 bits per heavy atom. The molecule has 74 heavy (non-hydrogen) atoms. The fourth-order valence-corrected chi connectivity index (χ4v) is 8.30. The summed E-state index contributed by atoms with van der Waals surface area (Å²) in [7, 11) is 0. The predicted molar refractivity (Wildman–Crippen MR) is 286 cm³/mol. The molecule has 0 fully saturated rings. The number of aliphatic imine (C=N–C) groups is 2. The number of nitrogens with two attached hydrogens (primary N) is 7. The van der Waals surface area contributed by atoms with Crippen LogP contribution in [-0.2, 0) is 51.2 Å². The van der Waals surface area contributed by atoms with Crippen LogP contribution >= 0.6 is 11.3 Å². The summed E-state index contributed by atoms with van der Waals surface area (Å²) in [6.45, 7) is 9.16. The number of amides is 8. The zero-order valence-corrected chi connectivity index (χ0v) is 44.2. The molecule has 0 unspecified atom stereocenters. The number of carbonyl (C=O) groups is 8. The van der Waals surface area contributed by atoms with E-state index in [0.717, 1.165) is 10.4 Å². The standard InChI is InChI=1S/C49H82N16O8S/c1-6-29(4)39(47(73)63-37(40(52)66)26-31-15-8-7-9-16-31)65-46(72)38(25-28(2)3)64-45(71)36(20-13-23-58-49(55)56)62-44(70)35(19-12-22-57-48(53)54)61-43(69)34(18-10-11-21-50)60-41(67)30(5)59-42(68)33(51)27-32-17-14-24-74-32/h7-9,14-17,24,28-30,33-39H,6,10-13,18-23,25-27,50-51H2,1-5H3,(H2,52,66)(H,59,68)(H,60,67)(H,61,69)(H,62,70)(H,63,73)(H,64,71)(H,65,72)(H4,53,54,57)(H4,55,56,58)/t29-,30-,33-,34-,35-,36-,37-,38-,39-/m0/s1. The second kappa shape index (κ2) is 33.8. The molecule has 0 radical (unpaired) electrons. The van der Waals surface area contributed by atoms with Crippen molar-refractivity contribution in [2.24, 2.45) is 62.0 Å².